The standard InChI is InChI=1S/C19H24FN3O3/c1-2-26-19(25)23-10-6-16(7-11-23)21-18(24)8-12-22-9-5-14-3-4-15(20)13-17(14)22/h3-5,9,13,16H,2,6-8,10-12H2,1H3,(H,21,24). The maximum atomic E-state index is 13.4. The van der Waals surface area contributed by atoms with E-state index in [1.54, 1.807) is 17.9 Å². The molecule has 6 nitrogen and oxygen atoms in total. The van der Waals surface area contributed by atoms with E-state index in [1.165, 1.54) is 12.1 Å². The first-order chi connectivity index (χ1) is 12.6. The number of likely N-dealkylation sites (tertiary alicyclic amines) is 1. The number of carbonyl (C=O) groups is 2. The summed E-state index contributed by atoms with van der Waals surface area (Å²) in [6.45, 7) is 3.83. The van der Waals surface area contributed by atoms with Crippen molar-refractivity contribution < 1.29 is 18.7 Å². The van der Waals surface area contributed by atoms with Crippen LogP contribution in [0.5, 0.6) is 0 Å². The topological polar surface area (TPSA) is 63.6 Å². The second-order valence-corrected chi connectivity index (χ2v) is 6.49. The maximum absolute atomic E-state index is 13.4. The first-order valence-electron chi connectivity index (χ1n) is 9.02. The van der Waals surface area contributed by atoms with Gasteiger partial charge in [0.2, 0.25) is 5.91 Å². The van der Waals surface area contributed by atoms with Gasteiger partial charge in [-0.1, -0.05) is 0 Å². The SMILES string of the molecule is CCOC(=O)N1CCC(NC(=O)CCn2ccc3ccc(F)cc32)CC1. The van der Waals surface area contributed by atoms with Crippen molar-refractivity contribution in [1.82, 2.24) is 14.8 Å². The highest BCUT2D eigenvalue weighted by Gasteiger charge is 2.24. The van der Waals surface area contributed by atoms with Gasteiger partial charge < -0.3 is 19.5 Å². The van der Waals surface area contributed by atoms with Crippen LogP contribution in [0, 0.1) is 5.82 Å². The highest BCUT2D eigenvalue weighted by atomic mass is 19.1. The molecule has 0 atom stereocenters. The normalized spacial score (nSPS) is 15.2. The summed E-state index contributed by atoms with van der Waals surface area (Å²) in [6, 6.07) is 6.64. The van der Waals surface area contributed by atoms with Crippen LogP contribution in [0.15, 0.2) is 30.5 Å². The molecular weight excluding hydrogens is 337 g/mol. The number of piperidine rings is 1. The molecule has 0 saturated carbocycles. The summed E-state index contributed by atoms with van der Waals surface area (Å²) in [4.78, 5) is 25.6. The van der Waals surface area contributed by atoms with Crippen molar-refractivity contribution in [2.24, 2.45) is 0 Å². The lowest BCUT2D eigenvalue weighted by Crippen LogP contribution is -2.46. The van der Waals surface area contributed by atoms with Gasteiger partial charge in [0, 0.05) is 38.3 Å². The lowest BCUT2D eigenvalue weighted by molar-refractivity contribution is -0.122. The van der Waals surface area contributed by atoms with Gasteiger partial charge in [0.15, 0.2) is 0 Å². The average Bonchev–Trinajstić information content (AvgIpc) is 3.03. The number of aromatic nitrogens is 1. The van der Waals surface area contributed by atoms with Crippen molar-refractivity contribution in [2.45, 2.75) is 38.8 Å². The van der Waals surface area contributed by atoms with Crippen molar-refractivity contribution in [2.75, 3.05) is 19.7 Å². The van der Waals surface area contributed by atoms with Gasteiger partial charge in [-0.15, -0.1) is 0 Å². The Hall–Kier alpha value is -2.57. The highest BCUT2D eigenvalue weighted by Crippen LogP contribution is 2.17. The van der Waals surface area contributed by atoms with Crippen LogP contribution in [-0.2, 0) is 16.1 Å². The van der Waals surface area contributed by atoms with Crippen molar-refractivity contribution in [3.8, 4) is 0 Å². The minimum Gasteiger partial charge on any atom is -0.450 e. The Morgan fingerprint density at radius 2 is 2.04 bits per heavy atom. The lowest BCUT2D eigenvalue weighted by atomic mass is 10.1. The van der Waals surface area contributed by atoms with E-state index in [2.05, 4.69) is 5.32 Å². The van der Waals surface area contributed by atoms with Gasteiger partial charge in [-0.25, -0.2) is 9.18 Å². The van der Waals surface area contributed by atoms with Crippen LogP contribution in [-0.4, -0.2) is 47.2 Å². The van der Waals surface area contributed by atoms with E-state index in [4.69, 9.17) is 4.74 Å². The number of carbonyl (C=O) groups excluding carboxylic acids is 2. The van der Waals surface area contributed by atoms with Gasteiger partial charge in [-0.2, -0.15) is 0 Å². The Labute approximate surface area is 151 Å². The predicted octanol–water partition coefficient (Wildman–Crippen LogP) is 2.91. The fraction of sp³-hybridized carbons (Fsp3) is 0.474. The molecule has 2 heterocycles. The molecule has 140 valence electrons. The molecule has 1 aromatic heterocycles. The Morgan fingerprint density at radius 3 is 2.77 bits per heavy atom. The van der Waals surface area contributed by atoms with Crippen LogP contribution < -0.4 is 5.32 Å². The summed E-state index contributed by atoms with van der Waals surface area (Å²) in [5.74, 6) is -0.312. The minimum atomic E-state index is -0.288. The third-order valence-electron chi connectivity index (χ3n) is 4.70. The van der Waals surface area contributed by atoms with Crippen LogP contribution in [0.4, 0.5) is 9.18 Å². The molecule has 2 aromatic rings. The summed E-state index contributed by atoms with van der Waals surface area (Å²) in [6.07, 6.45) is 3.36. The van der Waals surface area contributed by atoms with Crippen LogP contribution in [0.2, 0.25) is 0 Å². The largest absolute Gasteiger partial charge is 0.450 e. The van der Waals surface area contributed by atoms with E-state index in [1.807, 2.05) is 16.8 Å². The minimum absolute atomic E-state index is 0.0298. The number of hydrogen-bond acceptors (Lipinski definition) is 3. The van der Waals surface area contributed by atoms with Gasteiger partial charge in [0.05, 0.1) is 12.1 Å². The first kappa shape index (κ1) is 18.2. The van der Waals surface area contributed by atoms with Crippen molar-refractivity contribution >= 4 is 22.9 Å². The molecule has 1 aromatic carbocycles. The van der Waals surface area contributed by atoms with Crippen LogP contribution in [0.1, 0.15) is 26.2 Å². The third kappa shape index (κ3) is 4.33. The van der Waals surface area contributed by atoms with Crippen LogP contribution >= 0.6 is 0 Å². The second kappa shape index (κ2) is 8.21. The molecule has 2 amide bonds. The van der Waals surface area contributed by atoms with Crippen LogP contribution in [0.25, 0.3) is 10.9 Å². The van der Waals surface area contributed by atoms with Crippen molar-refractivity contribution in [1.29, 1.82) is 0 Å². The van der Waals surface area contributed by atoms with E-state index >= 15 is 0 Å². The molecule has 1 fully saturated rings. The molecule has 26 heavy (non-hydrogen) atoms. The highest BCUT2D eigenvalue weighted by molar-refractivity contribution is 5.81. The van der Waals surface area contributed by atoms with Crippen molar-refractivity contribution in [3.05, 3.63) is 36.3 Å². The Bertz CT molecular complexity index is 781. The molecule has 1 aliphatic heterocycles. The Balaban J connectivity index is 1.46. The molecular formula is C19H24FN3O3. The van der Waals surface area contributed by atoms with E-state index in [0.29, 0.717) is 32.7 Å². The number of hydrogen-bond donors (Lipinski definition) is 1. The number of fused-ring (bicyclic) bond motifs is 1. The summed E-state index contributed by atoms with van der Waals surface area (Å²) in [5, 5.41) is 3.98. The number of amides is 2. The number of halogens is 1. The predicted molar refractivity (Wildman–Crippen MR) is 96.3 cm³/mol. The first-order valence-corrected chi connectivity index (χ1v) is 9.02. The molecule has 1 N–H and O–H groups in total. The average molecular weight is 361 g/mol. The smallest absolute Gasteiger partial charge is 0.409 e. The molecule has 0 spiro atoms. The second-order valence-electron chi connectivity index (χ2n) is 6.49. The quantitative estimate of drug-likeness (QED) is 0.891. The summed E-state index contributed by atoms with van der Waals surface area (Å²) in [7, 11) is 0. The van der Waals surface area contributed by atoms with Gasteiger partial charge in [-0.05, 0) is 49.4 Å². The lowest BCUT2D eigenvalue weighted by Gasteiger charge is -2.31. The van der Waals surface area contributed by atoms with Gasteiger partial charge in [0.1, 0.15) is 5.82 Å². The number of rotatable bonds is 5. The van der Waals surface area contributed by atoms with Gasteiger partial charge >= 0.3 is 6.09 Å². The summed E-state index contributed by atoms with van der Waals surface area (Å²) >= 11 is 0. The maximum Gasteiger partial charge on any atom is 0.409 e. The monoisotopic (exact) mass is 361 g/mol. The van der Waals surface area contributed by atoms with Crippen molar-refractivity contribution in [3.63, 3.8) is 0 Å². The molecule has 7 heteroatoms. The zero-order chi connectivity index (χ0) is 18.5. The molecule has 3 rings (SSSR count). The molecule has 0 unspecified atom stereocenters. The van der Waals surface area contributed by atoms with E-state index in [0.717, 1.165) is 23.7 Å². The number of nitrogens with one attached hydrogen (secondary N) is 1. The third-order valence-corrected chi connectivity index (χ3v) is 4.70. The molecule has 0 bridgehead atoms. The number of benzene rings is 1. The summed E-state index contributed by atoms with van der Waals surface area (Å²) in [5.41, 5.74) is 0.792. The molecule has 0 aliphatic carbocycles. The zero-order valence-electron chi connectivity index (χ0n) is 14.9. The van der Waals surface area contributed by atoms with E-state index in [9.17, 15) is 14.0 Å². The zero-order valence-corrected chi connectivity index (χ0v) is 14.9. The molecule has 0 radical (unpaired) electrons. The molecule has 1 saturated heterocycles. The Kier molecular flexibility index (Phi) is 5.75. The van der Waals surface area contributed by atoms with Crippen LogP contribution in [0.3, 0.4) is 0 Å². The number of nitrogens with zero attached hydrogens (tertiary/aromatic N) is 2. The van der Waals surface area contributed by atoms with E-state index in [-0.39, 0.29) is 23.9 Å². The summed E-state index contributed by atoms with van der Waals surface area (Å²) < 4.78 is 20.3. The van der Waals surface area contributed by atoms with E-state index < -0.39 is 0 Å². The van der Waals surface area contributed by atoms with Gasteiger partial charge in [0.25, 0.3) is 0 Å². The fourth-order valence-corrected chi connectivity index (χ4v) is 3.30. The number of aryl methyl sites for hydroxylation is 1. The fourth-order valence-electron chi connectivity index (χ4n) is 3.30. The number of ether oxygens (including phenoxy) is 1. The Morgan fingerprint density at radius 1 is 1.27 bits per heavy atom. The van der Waals surface area contributed by atoms with Gasteiger partial charge in [-0.3, -0.25) is 4.79 Å². The molecule has 1 aliphatic rings.